The van der Waals surface area contributed by atoms with Crippen molar-refractivity contribution in [2.24, 2.45) is 5.41 Å². The van der Waals surface area contributed by atoms with Gasteiger partial charge in [0.15, 0.2) is 9.84 Å². The monoisotopic (exact) mass is 430 g/mol. The van der Waals surface area contributed by atoms with Crippen LogP contribution in [-0.2, 0) is 14.6 Å². The Balaban J connectivity index is 1.24. The number of rotatable bonds is 3. The molecular formula is C17H23ClN4O5S. The van der Waals surface area contributed by atoms with E-state index in [1.54, 1.807) is 0 Å². The smallest absolute Gasteiger partial charge is 0.407 e. The van der Waals surface area contributed by atoms with Crippen molar-refractivity contribution in [2.75, 3.05) is 29.5 Å². The van der Waals surface area contributed by atoms with Gasteiger partial charge in [0.25, 0.3) is 5.56 Å². The molecule has 4 rings (SSSR count). The molecule has 1 amide bonds. The summed E-state index contributed by atoms with van der Waals surface area (Å²) in [6, 6.07) is 0.0188. The second-order valence-corrected chi connectivity index (χ2v) is 10.6. The second-order valence-electron chi connectivity index (χ2n) is 8.11. The normalized spacial score (nSPS) is 26.0. The number of nitrogens with zero attached hydrogens (tertiary/aromatic N) is 2. The molecule has 1 aromatic heterocycles. The van der Waals surface area contributed by atoms with E-state index in [9.17, 15) is 18.0 Å². The minimum atomic E-state index is -2.83. The van der Waals surface area contributed by atoms with Crippen molar-refractivity contribution in [2.45, 2.75) is 44.2 Å². The van der Waals surface area contributed by atoms with Crippen molar-refractivity contribution in [1.82, 2.24) is 15.5 Å². The maximum Gasteiger partial charge on any atom is 0.407 e. The van der Waals surface area contributed by atoms with Gasteiger partial charge in [-0.2, -0.15) is 5.10 Å². The number of H-pyrrole nitrogens is 1. The molecule has 1 atom stereocenters. The molecular weight excluding hydrogens is 408 g/mol. The fourth-order valence-corrected chi connectivity index (χ4v) is 7.11. The Labute approximate surface area is 167 Å². The van der Waals surface area contributed by atoms with Gasteiger partial charge < -0.3 is 15.0 Å². The lowest BCUT2D eigenvalue weighted by molar-refractivity contribution is 0.0982. The number of anilines is 1. The molecule has 3 fully saturated rings. The van der Waals surface area contributed by atoms with Gasteiger partial charge in [0.05, 0.1) is 29.9 Å². The Morgan fingerprint density at radius 3 is 2.71 bits per heavy atom. The minimum Gasteiger partial charge on any atom is -0.444 e. The highest BCUT2D eigenvalue weighted by Gasteiger charge is 2.49. The number of carbonyl (C=O) groups excluding carboxylic acids is 1. The largest absolute Gasteiger partial charge is 0.444 e. The first-order chi connectivity index (χ1) is 13.3. The highest BCUT2D eigenvalue weighted by Crippen LogP contribution is 2.45. The van der Waals surface area contributed by atoms with E-state index in [2.05, 4.69) is 15.5 Å². The molecule has 9 nitrogen and oxygen atoms in total. The van der Waals surface area contributed by atoms with Crippen LogP contribution in [0.2, 0.25) is 5.02 Å². The van der Waals surface area contributed by atoms with Gasteiger partial charge in [0, 0.05) is 19.0 Å². The first kappa shape index (κ1) is 19.5. The topological polar surface area (TPSA) is 121 Å². The lowest BCUT2D eigenvalue weighted by Crippen LogP contribution is -2.53. The molecule has 1 spiro atoms. The number of carbonyl (C=O) groups is 1. The predicted molar refractivity (Wildman–Crippen MR) is 103 cm³/mol. The Kier molecular flexibility index (Phi) is 5.03. The zero-order valence-corrected chi connectivity index (χ0v) is 16.9. The molecule has 2 aliphatic heterocycles. The van der Waals surface area contributed by atoms with Gasteiger partial charge in [0.2, 0.25) is 0 Å². The highest BCUT2D eigenvalue weighted by atomic mass is 35.5. The van der Waals surface area contributed by atoms with Crippen LogP contribution >= 0.6 is 11.6 Å². The maximum absolute atomic E-state index is 12.2. The first-order valence-electron chi connectivity index (χ1n) is 9.41. The Morgan fingerprint density at radius 2 is 2.04 bits per heavy atom. The van der Waals surface area contributed by atoms with Crippen molar-refractivity contribution in [1.29, 1.82) is 0 Å². The third-order valence-electron chi connectivity index (χ3n) is 5.96. The molecule has 3 heterocycles. The number of hydrogen-bond acceptors (Lipinski definition) is 7. The zero-order valence-electron chi connectivity index (χ0n) is 15.3. The third-order valence-corrected chi connectivity index (χ3v) is 8.43. The van der Waals surface area contributed by atoms with Crippen LogP contribution in [0.25, 0.3) is 0 Å². The molecule has 2 saturated heterocycles. The Morgan fingerprint density at radius 1 is 1.32 bits per heavy atom. The Bertz CT molecular complexity index is 912. The Hall–Kier alpha value is -1.81. The molecule has 0 aromatic carbocycles. The number of sulfone groups is 1. The fraction of sp³-hybridized carbons (Fsp3) is 0.706. The van der Waals surface area contributed by atoms with Gasteiger partial charge in [-0.1, -0.05) is 11.6 Å². The molecule has 1 aromatic rings. The maximum atomic E-state index is 12.2. The number of alkyl carbamates (subject to hydrolysis) is 1. The summed E-state index contributed by atoms with van der Waals surface area (Å²) in [7, 11) is -2.83. The lowest BCUT2D eigenvalue weighted by atomic mass is 9.74. The van der Waals surface area contributed by atoms with Crippen molar-refractivity contribution >= 4 is 33.2 Å². The van der Waals surface area contributed by atoms with Gasteiger partial charge in [-0.05, 0) is 31.1 Å². The fourth-order valence-electron chi connectivity index (χ4n) is 4.54. The molecule has 1 saturated carbocycles. The average Bonchev–Trinajstić information content (AvgIpc) is 3.06. The summed E-state index contributed by atoms with van der Waals surface area (Å²) in [6.07, 6.45) is 4.58. The molecule has 2 N–H and O–H groups in total. The van der Waals surface area contributed by atoms with Gasteiger partial charge in [-0.3, -0.25) is 4.79 Å². The highest BCUT2D eigenvalue weighted by molar-refractivity contribution is 7.92. The summed E-state index contributed by atoms with van der Waals surface area (Å²) in [6.45, 7) is 1.06. The quantitative estimate of drug-likeness (QED) is 0.735. The number of nitrogens with one attached hydrogen (secondary N) is 2. The van der Waals surface area contributed by atoms with E-state index in [0.717, 1.165) is 25.7 Å². The van der Waals surface area contributed by atoms with Crippen molar-refractivity contribution in [3.05, 3.63) is 21.6 Å². The number of hydrogen-bond donors (Lipinski definition) is 2. The van der Waals surface area contributed by atoms with Crippen LogP contribution in [0.1, 0.15) is 32.1 Å². The second kappa shape index (κ2) is 7.22. The van der Waals surface area contributed by atoms with Crippen LogP contribution in [0, 0.1) is 5.41 Å². The van der Waals surface area contributed by atoms with Crippen LogP contribution in [0.5, 0.6) is 0 Å². The molecule has 3 aliphatic rings. The molecule has 0 bridgehead atoms. The zero-order chi connectivity index (χ0) is 19.9. The van der Waals surface area contributed by atoms with E-state index in [0.29, 0.717) is 25.2 Å². The molecule has 28 heavy (non-hydrogen) atoms. The number of halogens is 1. The van der Waals surface area contributed by atoms with Crippen LogP contribution in [0.15, 0.2) is 11.0 Å². The van der Waals surface area contributed by atoms with E-state index in [-0.39, 0.29) is 34.1 Å². The third kappa shape index (κ3) is 3.98. The summed E-state index contributed by atoms with van der Waals surface area (Å²) >= 11 is 6.03. The molecule has 1 aliphatic carbocycles. The lowest BCUT2D eigenvalue weighted by Gasteiger charge is -2.45. The first-order valence-corrected chi connectivity index (χ1v) is 11.6. The molecule has 154 valence electrons. The van der Waals surface area contributed by atoms with Crippen molar-refractivity contribution < 1.29 is 17.9 Å². The van der Waals surface area contributed by atoms with Crippen LogP contribution in [0.4, 0.5) is 10.5 Å². The van der Waals surface area contributed by atoms with Gasteiger partial charge in [0.1, 0.15) is 11.1 Å². The van der Waals surface area contributed by atoms with Crippen LogP contribution < -0.4 is 15.8 Å². The summed E-state index contributed by atoms with van der Waals surface area (Å²) in [5.74, 6) is 0.573. The van der Waals surface area contributed by atoms with Crippen LogP contribution in [-0.4, -0.2) is 61.4 Å². The number of aromatic amines is 1. The summed E-state index contributed by atoms with van der Waals surface area (Å²) in [5, 5.41) is 9.03. The van der Waals surface area contributed by atoms with E-state index >= 15 is 0 Å². The molecule has 0 radical (unpaired) electrons. The van der Waals surface area contributed by atoms with Crippen molar-refractivity contribution in [3.63, 3.8) is 0 Å². The van der Waals surface area contributed by atoms with Gasteiger partial charge in [-0.15, -0.1) is 0 Å². The van der Waals surface area contributed by atoms with Crippen molar-refractivity contribution in [3.8, 4) is 0 Å². The average molecular weight is 431 g/mol. The van der Waals surface area contributed by atoms with E-state index in [1.165, 1.54) is 6.20 Å². The molecule has 11 heteroatoms. The number of amides is 1. The van der Waals surface area contributed by atoms with E-state index < -0.39 is 21.5 Å². The number of ether oxygens (including phenoxy) is 1. The SMILES string of the molecule is O=C(NC1CCC2(CC1)CS(=O)(=O)C2)O[C@@H]1CCN(c2cn[nH]c(=O)c2Cl)C1. The summed E-state index contributed by atoms with van der Waals surface area (Å²) in [4.78, 5) is 25.7. The summed E-state index contributed by atoms with van der Waals surface area (Å²) in [5.41, 5.74) is 0.0221. The predicted octanol–water partition coefficient (Wildman–Crippen LogP) is 1.09. The van der Waals surface area contributed by atoms with Crippen LogP contribution in [0.3, 0.4) is 0 Å². The van der Waals surface area contributed by atoms with Gasteiger partial charge in [-0.25, -0.2) is 18.3 Å². The van der Waals surface area contributed by atoms with E-state index in [1.807, 2.05) is 4.90 Å². The minimum absolute atomic E-state index is 0.0188. The standard InChI is InChI=1S/C17H23ClN4O5S/c18-14-13(7-19-21-15(14)23)22-6-3-12(8-22)27-16(24)20-11-1-4-17(5-2-11)9-28(25,26)10-17/h7,11-12H,1-6,8-10H2,(H,20,24)(H,21,23)/t12-/m1/s1. The molecule has 0 unspecified atom stereocenters. The number of aromatic nitrogens is 2. The van der Waals surface area contributed by atoms with E-state index in [4.69, 9.17) is 16.3 Å². The summed E-state index contributed by atoms with van der Waals surface area (Å²) < 4.78 is 28.4. The van der Waals surface area contributed by atoms with Gasteiger partial charge >= 0.3 is 6.09 Å².